The molecule has 5 heteroatoms. The Hall–Kier alpha value is -1.59. The van der Waals surface area contributed by atoms with Crippen molar-refractivity contribution in [2.45, 2.75) is 29.4 Å². The molecule has 0 amide bonds. The van der Waals surface area contributed by atoms with Gasteiger partial charge in [0.25, 0.3) is 0 Å². The van der Waals surface area contributed by atoms with Crippen molar-refractivity contribution < 1.29 is 4.74 Å². The van der Waals surface area contributed by atoms with E-state index < -0.39 is 0 Å². The third kappa shape index (κ3) is 3.94. The lowest BCUT2D eigenvalue weighted by atomic mass is 10.1. The maximum absolute atomic E-state index is 5.75. The van der Waals surface area contributed by atoms with Gasteiger partial charge < -0.3 is 10.5 Å². The number of methoxy groups -OCH3 is 1. The fourth-order valence-electron chi connectivity index (χ4n) is 1.67. The van der Waals surface area contributed by atoms with E-state index in [-0.39, 0.29) is 6.04 Å². The molecular formula is C14H17N3OS. The van der Waals surface area contributed by atoms with Crippen LogP contribution in [0.3, 0.4) is 0 Å². The summed E-state index contributed by atoms with van der Waals surface area (Å²) in [6, 6.07) is 7.94. The Morgan fingerprint density at radius 2 is 1.95 bits per heavy atom. The van der Waals surface area contributed by atoms with E-state index in [4.69, 9.17) is 10.5 Å². The molecule has 2 aromatic rings. The van der Waals surface area contributed by atoms with Gasteiger partial charge in [0.1, 0.15) is 5.75 Å². The molecule has 2 rings (SSSR count). The second-order valence-electron chi connectivity index (χ2n) is 4.31. The standard InChI is InChI=1S/C14H17N3OS/c1-10(15)7-11-8-16-14(17-9-11)19-13-6-4-3-5-12(13)18-2/h3-6,8-10H,7,15H2,1-2H3. The van der Waals surface area contributed by atoms with Crippen molar-refractivity contribution in [3.63, 3.8) is 0 Å². The highest BCUT2D eigenvalue weighted by Crippen LogP contribution is 2.32. The van der Waals surface area contributed by atoms with Crippen molar-refractivity contribution >= 4 is 11.8 Å². The van der Waals surface area contributed by atoms with Gasteiger partial charge in [-0.2, -0.15) is 0 Å². The molecule has 0 aliphatic heterocycles. The highest BCUT2D eigenvalue weighted by atomic mass is 32.2. The molecule has 0 saturated carbocycles. The van der Waals surface area contributed by atoms with Crippen LogP contribution in [0.15, 0.2) is 46.7 Å². The number of para-hydroxylation sites is 1. The molecule has 1 aromatic carbocycles. The zero-order chi connectivity index (χ0) is 13.7. The van der Waals surface area contributed by atoms with Gasteiger partial charge in [0.15, 0.2) is 5.16 Å². The molecule has 100 valence electrons. The average Bonchev–Trinajstić information content (AvgIpc) is 2.41. The average molecular weight is 275 g/mol. The quantitative estimate of drug-likeness (QED) is 0.850. The first-order chi connectivity index (χ1) is 9.19. The van der Waals surface area contributed by atoms with Crippen LogP contribution < -0.4 is 10.5 Å². The van der Waals surface area contributed by atoms with Crippen molar-refractivity contribution in [2.75, 3.05) is 7.11 Å². The number of benzene rings is 1. The fraction of sp³-hybridized carbons (Fsp3) is 0.286. The normalized spacial score (nSPS) is 12.2. The molecule has 0 radical (unpaired) electrons. The Balaban J connectivity index is 2.11. The highest BCUT2D eigenvalue weighted by molar-refractivity contribution is 7.99. The topological polar surface area (TPSA) is 61.0 Å². The molecule has 1 aromatic heterocycles. The van der Waals surface area contributed by atoms with E-state index in [9.17, 15) is 0 Å². The van der Waals surface area contributed by atoms with Crippen LogP contribution in [0.5, 0.6) is 5.75 Å². The number of aromatic nitrogens is 2. The van der Waals surface area contributed by atoms with E-state index in [0.717, 1.165) is 22.6 Å². The summed E-state index contributed by atoms with van der Waals surface area (Å²) in [6.45, 7) is 1.97. The third-order valence-corrected chi connectivity index (χ3v) is 3.46. The van der Waals surface area contributed by atoms with Gasteiger partial charge >= 0.3 is 0 Å². The van der Waals surface area contributed by atoms with Crippen LogP contribution in [0.2, 0.25) is 0 Å². The first-order valence-corrected chi connectivity index (χ1v) is 6.88. The Morgan fingerprint density at radius 1 is 1.26 bits per heavy atom. The van der Waals surface area contributed by atoms with Gasteiger partial charge in [-0.15, -0.1) is 0 Å². The van der Waals surface area contributed by atoms with Crippen molar-refractivity contribution in [1.82, 2.24) is 9.97 Å². The summed E-state index contributed by atoms with van der Waals surface area (Å²) in [5.74, 6) is 0.829. The van der Waals surface area contributed by atoms with Gasteiger partial charge in [0, 0.05) is 18.4 Å². The molecule has 0 fully saturated rings. The summed E-state index contributed by atoms with van der Waals surface area (Å²) in [5, 5.41) is 0.706. The summed E-state index contributed by atoms with van der Waals surface area (Å²) in [4.78, 5) is 9.69. The molecular weight excluding hydrogens is 258 g/mol. The predicted octanol–water partition coefficient (Wildman–Crippen LogP) is 2.53. The molecule has 1 heterocycles. The number of ether oxygens (including phenoxy) is 1. The zero-order valence-electron chi connectivity index (χ0n) is 11.0. The summed E-state index contributed by atoms with van der Waals surface area (Å²) >= 11 is 1.49. The van der Waals surface area contributed by atoms with E-state index >= 15 is 0 Å². The Kier molecular flexibility index (Phi) is 4.76. The fourth-order valence-corrected chi connectivity index (χ4v) is 2.48. The number of hydrogen-bond acceptors (Lipinski definition) is 5. The minimum absolute atomic E-state index is 0.122. The highest BCUT2D eigenvalue weighted by Gasteiger charge is 2.06. The van der Waals surface area contributed by atoms with Gasteiger partial charge in [-0.05, 0) is 42.8 Å². The van der Waals surface area contributed by atoms with Crippen LogP contribution in [0.25, 0.3) is 0 Å². The second kappa shape index (κ2) is 6.54. The minimum atomic E-state index is 0.122. The summed E-state index contributed by atoms with van der Waals surface area (Å²) in [7, 11) is 1.66. The maximum atomic E-state index is 5.75. The van der Waals surface area contributed by atoms with Crippen molar-refractivity contribution in [2.24, 2.45) is 5.73 Å². The Bertz CT molecular complexity index is 528. The lowest BCUT2D eigenvalue weighted by Crippen LogP contribution is -2.17. The van der Waals surface area contributed by atoms with Crippen molar-refractivity contribution in [3.05, 3.63) is 42.2 Å². The molecule has 0 spiro atoms. The molecule has 19 heavy (non-hydrogen) atoms. The maximum Gasteiger partial charge on any atom is 0.192 e. The molecule has 0 aliphatic rings. The van der Waals surface area contributed by atoms with E-state index in [2.05, 4.69) is 9.97 Å². The number of hydrogen-bond donors (Lipinski definition) is 1. The first kappa shape index (κ1) is 13.8. The summed E-state index contributed by atoms with van der Waals surface area (Å²) in [5.41, 5.74) is 6.80. The van der Waals surface area contributed by atoms with Crippen LogP contribution in [0.1, 0.15) is 12.5 Å². The number of nitrogens with zero attached hydrogens (tertiary/aromatic N) is 2. The van der Waals surface area contributed by atoms with Crippen molar-refractivity contribution in [3.8, 4) is 5.75 Å². The van der Waals surface area contributed by atoms with Gasteiger partial charge in [-0.1, -0.05) is 12.1 Å². The second-order valence-corrected chi connectivity index (χ2v) is 5.32. The Morgan fingerprint density at radius 3 is 2.58 bits per heavy atom. The predicted molar refractivity (Wildman–Crippen MR) is 76.5 cm³/mol. The molecule has 4 nitrogen and oxygen atoms in total. The minimum Gasteiger partial charge on any atom is -0.496 e. The lowest BCUT2D eigenvalue weighted by Gasteiger charge is -2.07. The van der Waals surface area contributed by atoms with E-state index in [1.165, 1.54) is 11.8 Å². The van der Waals surface area contributed by atoms with Crippen LogP contribution in [0, 0.1) is 0 Å². The number of rotatable bonds is 5. The van der Waals surface area contributed by atoms with Gasteiger partial charge in [0.2, 0.25) is 0 Å². The molecule has 0 saturated heterocycles. The van der Waals surface area contributed by atoms with Crippen LogP contribution in [0.4, 0.5) is 0 Å². The van der Waals surface area contributed by atoms with Crippen LogP contribution in [-0.4, -0.2) is 23.1 Å². The van der Waals surface area contributed by atoms with Gasteiger partial charge in [-0.25, -0.2) is 9.97 Å². The lowest BCUT2D eigenvalue weighted by molar-refractivity contribution is 0.405. The van der Waals surface area contributed by atoms with Crippen LogP contribution in [-0.2, 0) is 6.42 Å². The van der Waals surface area contributed by atoms with Gasteiger partial charge in [-0.3, -0.25) is 0 Å². The number of nitrogens with two attached hydrogens (primary N) is 1. The molecule has 1 atom stereocenters. The van der Waals surface area contributed by atoms with Gasteiger partial charge in [0.05, 0.1) is 12.0 Å². The van der Waals surface area contributed by atoms with Crippen molar-refractivity contribution in [1.29, 1.82) is 0 Å². The largest absolute Gasteiger partial charge is 0.496 e. The molecule has 1 unspecified atom stereocenters. The SMILES string of the molecule is COc1ccccc1Sc1ncc(CC(C)N)cn1. The van der Waals surface area contributed by atoms with Crippen LogP contribution >= 0.6 is 11.8 Å². The molecule has 0 aliphatic carbocycles. The smallest absolute Gasteiger partial charge is 0.192 e. The third-order valence-electron chi connectivity index (χ3n) is 2.51. The zero-order valence-corrected chi connectivity index (χ0v) is 11.9. The molecule has 0 bridgehead atoms. The Labute approximate surface area is 117 Å². The van der Waals surface area contributed by atoms with E-state index in [1.807, 2.05) is 43.6 Å². The first-order valence-electron chi connectivity index (χ1n) is 6.06. The molecule has 2 N–H and O–H groups in total. The van der Waals surface area contributed by atoms with E-state index in [1.54, 1.807) is 7.11 Å². The summed E-state index contributed by atoms with van der Waals surface area (Å²) in [6.07, 6.45) is 4.45. The monoisotopic (exact) mass is 275 g/mol. The summed E-state index contributed by atoms with van der Waals surface area (Å²) < 4.78 is 5.30. The van der Waals surface area contributed by atoms with E-state index in [0.29, 0.717) is 5.16 Å².